The molecule has 2 rings (SSSR count). The summed E-state index contributed by atoms with van der Waals surface area (Å²) >= 11 is 0. The molecular weight excluding hydrogens is 218 g/mol. The standard InChI is InChI=1S/C13H15NO3/c1-2-16-9-11-8-14(17-10-13(11)15)12-6-4-3-5-7-12/h3-7,9H,2,8,10H2,1H3. The molecule has 0 atom stereocenters. The number of hydrogen-bond donors (Lipinski definition) is 0. The molecular formula is C13H15NO3. The Morgan fingerprint density at radius 2 is 2.18 bits per heavy atom. The number of ketones is 1. The van der Waals surface area contributed by atoms with E-state index in [1.807, 2.05) is 37.3 Å². The van der Waals surface area contributed by atoms with Crippen molar-refractivity contribution in [2.24, 2.45) is 0 Å². The lowest BCUT2D eigenvalue weighted by Gasteiger charge is -2.28. The van der Waals surface area contributed by atoms with Crippen LogP contribution in [0, 0.1) is 0 Å². The van der Waals surface area contributed by atoms with Crippen molar-refractivity contribution in [3.8, 4) is 0 Å². The summed E-state index contributed by atoms with van der Waals surface area (Å²) in [6.45, 7) is 2.93. The predicted octanol–water partition coefficient (Wildman–Crippen LogP) is 1.93. The number of carbonyl (C=O) groups excluding carboxylic acids is 1. The normalized spacial score (nSPS) is 18.5. The fourth-order valence-corrected chi connectivity index (χ4v) is 1.56. The van der Waals surface area contributed by atoms with Crippen LogP contribution in [0.1, 0.15) is 6.92 Å². The van der Waals surface area contributed by atoms with E-state index in [1.165, 1.54) is 6.26 Å². The van der Waals surface area contributed by atoms with Crippen LogP contribution in [-0.4, -0.2) is 25.5 Å². The van der Waals surface area contributed by atoms with Gasteiger partial charge in [-0.15, -0.1) is 0 Å². The number of hydrogen-bond acceptors (Lipinski definition) is 4. The number of anilines is 1. The minimum Gasteiger partial charge on any atom is -0.501 e. The van der Waals surface area contributed by atoms with Crippen LogP contribution in [0.3, 0.4) is 0 Å². The molecule has 4 nitrogen and oxygen atoms in total. The quantitative estimate of drug-likeness (QED) is 0.590. The van der Waals surface area contributed by atoms with Crippen LogP contribution >= 0.6 is 0 Å². The lowest BCUT2D eigenvalue weighted by Crippen LogP contribution is -2.37. The summed E-state index contributed by atoms with van der Waals surface area (Å²) in [4.78, 5) is 17.0. The smallest absolute Gasteiger partial charge is 0.192 e. The number of Topliss-reactive ketones (excluding diaryl/α,β-unsaturated/α-hetero) is 1. The number of hydroxylamine groups is 1. The van der Waals surface area contributed by atoms with Crippen molar-refractivity contribution in [2.45, 2.75) is 6.92 Å². The van der Waals surface area contributed by atoms with Crippen LogP contribution in [0.15, 0.2) is 42.2 Å². The van der Waals surface area contributed by atoms with Crippen molar-refractivity contribution in [3.05, 3.63) is 42.2 Å². The van der Waals surface area contributed by atoms with Crippen molar-refractivity contribution in [2.75, 3.05) is 24.8 Å². The first-order chi connectivity index (χ1) is 8.31. The van der Waals surface area contributed by atoms with Crippen LogP contribution in [0.4, 0.5) is 5.69 Å². The van der Waals surface area contributed by atoms with E-state index in [0.29, 0.717) is 18.7 Å². The Morgan fingerprint density at radius 1 is 1.41 bits per heavy atom. The van der Waals surface area contributed by atoms with Gasteiger partial charge in [0.25, 0.3) is 0 Å². The summed E-state index contributed by atoms with van der Waals surface area (Å²) in [5.41, 5.74) is 1.57. The highest BCUT2D eigenvalue weighted by molar-refractivity contribution is 5.97. The minimum atomic E-state index is -0.0226. The molecule has 1 aromatic rings. The van der Waals surface area contributed by atoms with Crippen LogP contribution in [0.25, 0.3) is 0 Å². The van der Waals surface area contributed by atoms with E-state index in [2.05, 4.69) is 0 Å². The summed E-state index contributed by atoms with van der Waals surface area (Å²) < 4.78 is 5.16. The molecule has 0 spiro atoms. The van der Waals surface area contributed by atoms with Gasteiger partial charge in [-0.3, -0.25) is 9.63 Å². The van der Waals surface area contributed by atoms with Gasteiger partial charge in [0.2, 0.25) is 0 Å². The lowest BCUT2D eigenvalue weighted by atomic mass is 10.1. The first-order valence-electron chi connectivity index (χ1n) is 5.60. The molecule has 1 fully saturated rings. The van der Waals surface area contributed by atoms with E-state index in [4.69, 9.17) is 9.57 Å². The van der Waals surface area contributed by atoms with Gasteiger partial charge in [0.15, 0.2) is 5.78 Å². The molecule has 0 bridgehead atoms. The molecule has 0 aliphatic carbocycles. The SMILES string of the molecule is CCOC=C1CN(c2ccccc2)OCC1=O. The highest BCUT2D eigenvalue weighted by Gasteiger charge is 2.23. The zero-order valence-electron chi connectivity index (χ0n) is 9.76. The van der Waals surface area contributed by atoms with Gasteiger partial charge in [0.05, 0.1) is 30.7 Å². The van der Waals surface area contributed by atoms with Crippen molar-refractivity contribution in [1.82, 2.24) is 0 Å². The van der Waals surface area contributed by atoms with Gasteiger partial charge in [-0.05, 0) is 19.1 Å². The molecule has 1 aliphatic rings. The second kappa shape index (κ2) is 5.50. The van der Waals surface area contributed by atoms with E-state index in [9.17, 15) is 4.79 Å². The molecule has 0 radical (unpaired) electrons. The van der Waals surface area contributed by atoms with E-state index in [1.54, 1.807) is 5.06 Å². The van der Waals surface area contributed by atoms with Crippen LogP contribution in [0.5, 0.6) is 0 Å². The van der Waals surface area contributed by atoms with E-state index in [-0.39, 0.29) is 12.4 Å². The number of para-hydroxylation sites is 1. The molecule has 1 saturated heterocycles. The van der Waals surface area contributed by atoms with Crippen molar-refractivity contribution in [1.29, 1.82) is 0 Å². The predicted molar refractivity (Wildman–Crippen MR) is 64.5 cm³/mol. The summed E-state index contributed by atoms with van der Waals surface area (Å²) in [6.07, 6.45) is 1.53. The van der Waals surface area contributed by atoms with Crippen LogP contribution in [0.2, 0.25) is 0 Å². The molecule has 17 heavy (non-hydrogen) atoms. The number of rotatable bonds is 3. The molecule has 1 heterocycles. The van der Waals surface area contributed by atoms with Crippen molar-refractivity contribution >= 4 is 11.5 Å². The van der Waals surface area contributed by atoms with Crippen molar-refractivity contribution in [3.63, 3.8) is 0 Å². The molecule has 0 saturated carbocycles. The number of nitrogens with zero attached hydrogens (tertiary/aromatic N) is 1. The molecule has 0 unspecified atom stereocenters. The fraction of sp³-hybridized carbons (Fsp3) is 0.308. The maximum absolute atomic E-state index is 11.6. The van der Waals surface area contributed by atoms with Gasteiger partial charge < -0.3 is 4.74 Å². The summed E-state index contributed by atoms with van der Waals surface area (Å²) in [6, 6.07) is 9.68. The first kappa shape index (κ1) is 11.7. The molecule has 4 heteroatoms. The average Bonchev–Trinajstić information content (AvgIpc) is 2.39. The molecule has 1 aliphatic heterocycles. The molecule has 1 aromatic carbocycles. The summed E-state index contributed by atoms with van der Waals surface area (Å²) in [5, 5.41) is 1.70. The van der Waals surface area contributed by atoms with Crippen molar-refractivity contribution < 1.29 is 14.4 Å². The van der Waals surface area contributed by atoms with Gasteiger partial charge in [-0.1, -0.05) is 18.2 Å². The Labute approximate surface area is 100 Å². The maximum Gasteiger partial charge on any atom is 0.192 e. The Morgan fingerprint density at radius 3 is 2.88 bits per heavy atom. The van der Waals surface area contributed by atoms with Gasteiger partial charge in [0.1, 0.15) is 6.61 Å². The van der Waals surface area contributed by atoms with Gasteiger partial charge in [-0.25, -0.2) is 5.06 Å². The van der Waals surface area contributed by atoms with Crippen LogP contribution in [-0.2, 0) is 14.4 Å². The third-order valence-corrected chi connectivity index (χ3v) is 2.46. The fourth-order valence-electron chi connectivity index (χ4n) is 1.56. The molecule has 90 valence electrons. The summed E-state index contributed by atoms with van der Waals surface area (Å²) in [5.74, 6) is -0.0226. The highest BCUT2D eigenvalue weighted by Crippen LogP contribution is 2.19. The maximum atomic E-state index is 11.6. The molecule has 0 amide bonds. The third-order valence-electron chi connectivity index (χ3n) is 2.46. The Balaban J connectivity index is 2.10. The topological polar surface area (TPSA) is 38.8 Å². The van der Waals surface area contributed by atoms with E-state index >= 15 is 0 Å². The Hall–Kier alpha value is -1.81. The zero-order valence-corrected chi connectivity index (χ0v) is 9.76. The second-order valence-electron chi connectivity index (χ2n) is 3.67. The van der Waals surface area contributed by atoms with Gasteiger partial charge in [0, 0.05) is 0 Å². The largest absolute Gasteiger partial charge is 0.501 e. The third kappa shape index (κ3) is 2.85. The zero-order chi connectivity index (χ0) is 12.1. The minimum absolute atomic E-state index is 0.0226. The average molecular weight is 233 g/mol. The Kier molecular flexibility index (Phi) is 3.77. The molecule has 0 N–H and O–H groups in total. The van der Waals surface area contributed by atoms with E-state index in [0.717, 1.165) is 5.69 Å². The number of carbonyl (C=O) groups is 1. The van der Waals surface area contributed by atoms with Gasteiger partial charge >= 0.3 is 0 Å². The molecule has 0 aromatic heterocycles. The lowest BCUT2D eigenvalue weighted by molar-refractivity contribution is -0.122. The van der Waals surface area contributed by atoms with Crippen LogP contribution < -0.4 is 5.06 Å². The highest BCUT2D eigenvalue weighted by atomic mass is 16.7. The monoisotopic (exact) mass is 233 g/mol. The first-order valence-corrected chi connectivity index (χ1v) is 5.60. The number of benzene rings is 1. The van der Waals surface area contributed by atoms with E-state index < -0.39 is 0 Å². The second-order valence-corrected chi connectivity index (χ2v) is 3.67. The van der Waals surface area contributed by atoms with Gasteiger partial charge in [-0.2, -0.15) is 0 Å². The summed E-state index contributed by atoms with van der Waals surface area (Å²) in [7, 11) is 0. The Bertz CT molecular complexity index is 414. The number of ether oxygens (including phenoxy) is 1.